The molecule has 1 heterocycles. The number of rotatable bonds is 6. The SMILES string of the molecule is CC(C)c1cccc(NC(=O)CSc2nnnn2-c2ccc(Cl)cc2)c1. The molecule has 0 saturated heterocycles. The normalized spacial score (nSPS) is 10.9. The first-order chi connectivity index (χ1) is 12.5. The third-order valence-electron chi connectivity index (χ3n) is 3.68. The van der Waals surface area contributed by atoms with Gasteiger partial charge in [0.2, 0.25) is 11.1 Å². The molecule has 0 aliphatic carbocycles. The summed E-state index contributed by atoms with van der Waals surface area (Å²) in [4.78, 5) is 12.3. The lowest BCUT2D eigenvalue weighted by Crippen LogP contribution is -2.14. The summed E-state index contributed by atoms with van der Waals surface area (Å²) in [5, 5.41) is 15.7. The van der Waals surface area contributed by atoms with Crippen molar-refractivity contribution in [3.63, 3.8) is 0 Å². The molecule has 0 radical (unpaired) electrons. The average molecular weight is 388 g/mol. The van der Waals surface area contributed by atoms with Crippen molar-refractivity contribution in [1.82, 2.24) is 20.2 Å². The molecule has 26 heavy (non-hydrogen) atoms. The van der Waals surface area contributed by atoms with Gasteiger partial charge in [0, 0.05) is 10.7 Å². The third-order valence-corrected chi connectivity index (χ3v) is 4.85. The van der Waals surface area contributed by atoms with E-state index in [-0.39, 0.29) is 11.7 Å². The van der Waals surface area contributed by atoms with Gasteiger partial charge in [0.05, 0.1) is 11.4 Å². The van der Waals surface area contributed by atoms with Crippen molar-refractivity contribution < 1.29 is 4.79 Å². The van der Waals surface area contributed by atoms with Crippen LogP contribution in [0.1, 0.15) is 25.3 Å². The second kappa shape index (κ2) is 8.33. The number of anilines is 1. The van der Waals surface area contributed by atoms with E-state index in [0.29, 0.717) is 16.1 Å². The summed E-state index contributed by atoms with van der Waals surface area (Å²) in [7, 11) is 0. The molecule has 0 spiro atoms. The second-order valence-corrected chi connectivity index (χ2v) is 7.35. The maximum absolute atomic E-state index is 12.3. The van der Waals surface area contributed by atoms with E-state index >= 15 is 0 Å². The van der Waals surface area contributed by atoms with Gasteiger partial charge < -0.3 is 5.32 Å². The summed E-state index contributed by atoms with van der Waals surface area (Å²) in [5.74, 6) is 0.506. The van der Waals surface area contributed by atoms with Crippen molar-refractivity contribution in [1.29, 1.82) is 0 Å². The lowest BCUT2D eigenvalue weighted by molar-refractivity contribution is -0.113. The van der Waals surface area contributed by atoms with Gasteiger partial charge in [0.15, 0.2) is 0 Å². The van der Waals surface area contributed by atoms with E-state index in [4.69, 9.17) is 11.6 Å². The molecule has 3 rings (SSSR count). The van der Waals surface area contributed by atoms with Crippen LogP contribution in [0.2, 0.25) is 5.02 Å². The Kier molecular flexibility index (Phi) is 5.90. The number of amides is 1. The molecule has 0 aliphatic heterocycles. The number of halogens is 1. The number of nitrogens with zero attached hydrogens (tertiary/aromatic N) is 4. The van der Waals surface area contributed by atoms with E-state index in [0.717, 1.165) is 11.4 Å². The summed E-state index contributed by atoms with van der Waals surface area (Å²) in [6.07, 6.45) is 0. The molecule has 0 unspecified atom stereocenters. The fourth-order valence-corrected chi connectivity index (χ4v) is 3.13. The molecule has 134 valence electrons. The minimum atomic E-state index is -0.110. The van der Waals surface area contributed by atoms with Crippen LogP contribution >= 0.6 is 23.4 Å². The van der Waals surface area contributed by atoms with Crippen LogP contribution in [0.25, 0.3) is 5.69 Å². The number of carbonyl (C=O) groups is 1. The maximum Gasteiger partial charge on any atom is 0.234 e. The highest BCUT2D eigenvalue weighted by Crippen LogP contribution is 2.21. The lowest BCUT2D eigenvalue weighted by Gasteiger charge is -2.09. The molecule has 0 fully saturated rings. The predicted molar refractivity (Wildman–Crippen MR) is 104 cm³/mol. The zero-order valence-corrected chi connectivity index (χ0v) is 16.0. The van der Waals surface area contributed by atoms with Gasteiger partial charge in [-0.25, -0.2) is 0 Å². The Morgan fingerprint density at radius 3 is 2.73 bits per heavy atom. The van der Waals surface area contributed by atoms with Crippen molar-refractivity contribution in [3.8, 4) is 5.69 Å². The van der Waals surface area contributed by atoms with Crippen molar-refractivity contribution in [2.75, 3.05) is 11.1 Å². The van der Waals surface area contributed by atoms with Crippen LogP contribution in [-0.4, -0.2) is 31.9 Å². The number of hydrogen-bond acceptors (Lipinski definition) is 5. The quantitative estimate of drug-likeness (QED) is 0.642. The monoisotopic (exact) mass is 387 g/mol. The molecule has 1 amide bonds. The summed E-state index contributed by atoms with van der Waals surface area (Å²) in [5.41, 5.74) is 2.76. The molecular formula is C18H18ClN5OS. The van der Waals surface area contributed by atoms with E-state index in [1.807, 2.05) is 30.3 Å². The van der Waals surface area contributed by atoms with E-state index in [1.165, 1.54) is 17.3 Å². The molecule has 0 bridgehead atoms. The smallest absolute Gasteiger partial charge is 0.234 e. The Morgan fingerprint density at radius 1 is 1.23 bits per heavy atom. The fourth-order valence-electron chi connectivity index (χ4n) is 2.32. The average Bonchev–Trinajstić information content (AvgIpc) is 3.09. The lowest BCUT2D eigenvalue weighted by atomic mass is 10.0. The molecule has 0 aliphatic rings. The topological polar surface area (TPSA) is 72.7 Å². The van der Waals surface area contributed by atoms with E-state index in [2.05, 4.69) is 40.8 Å². The summed E-state index contributed by atoms with van der Waals surface area (Å²) in [6.45, 7) is 4.24. The summed E-state index contributed by atoms with van der Waals surface area (Å²) < 4.78 is 1.58. The Bertz CT molecular complexity index is 895. The molecule has 0 atom stereocenters. The van der Waals surface area contributed by atoms with Gasteiger partial charge in [0.25, 0.3) is 0 Å². The first kappa shape index (κ1) is 18.4. The highest BCUT2D eigenvalue weighted by atomic mass is 35.5. The van der Waals surface area contributed by atoms with Gasteiger partial charge in [-0.2, -0.15) is 4.68 Å². The number of benzene rings is 2. The highest BCUT2D eigenvalue weighted by Gasteiger charge is 2.12. The number of thioether (sulfide) groups is 1. The van der Waals surface area contributed by atoms with E-state index in [1.54, 1.807) is 16.8 Å². The van der Waals surface area contributed by atoms with Gasteiger partial charge in [-0.1, -0.05) is 49.3 Å². The van der Waals surface area contributed by atoms with Crippen LogP contribution in [0.3, 0.4) is 0 Å². The predicted octanol–water partition coefficient (Wildman–Crippen LogP) is 4.17. The van der Waals surface area contributed by atoms with Gasteiger partial charge in [-0.05, 0) is 58.3 Å². The van der Waals surface area contributed by atoms with Crippen LogP contribution in [-0.2, 0) is 4.79 Å². The van der Waals surface area contributed by atoms with Crippen molar-refractivity contribution in [2.45, 2.75) is 24.9 Å². The molecule has 1 N–H and O–H groups in total. The molecule has 2 aromatic carbocycles. The Labute approximate surface area is 160 Å². The number of hydrogen-bond donors (Lipinski definition) is 1. The second-order valence-electron chi connectivity index (χ2n) is 5.97. The largest absolute Gasteiger partial charge is 0.325 e. The fraction of sp³-hybridized carbons (Fsp3) is 0.222. The van der Waals surface area contributed by atoms with Gasteiger partial charge in [-0.3, -0.25) is 4.79 Å². The zero-order valence-electron chi connectivity index (χ0n) is 14.4. The van der Waals surface area contributed by atoms with Crippen LogP contribution in [0.4, 0.5) is 5.69 Å². The van der Waals surface area contributed by atoms with Crippen LogP contribution in [0, 0.1) is 0 Å². The summed E-state index contributed by atoms with van der Waals surface area (Å²) in [6, 6.07) is 15.0. The van der Waals surface area contributed by atoms with Gasteiger partial charge in [-0.15, -0.1) is 5.10 Å². The first-order valence-electron chi connectivity index (χ1n) is 8.10. The van der Waals surface area contributed by atoms with Gasteiger partial charge in [0.1, 0.15) is 0 Å². The Balaban J connectivity index is 1.63. The number of nitrogens with one attached hydrogen (secondary N) is 1. The standard InChI is InChI=1S/C18H18ClN5OS/c1-12(2)13-4-3-5-15(10-13)20-17(25)11-26-18-21-22-23-24(18)16-8-6-14(19)7-9-16/h3-10,12H,11H2,1-2H3,(H,20,25). The molecule has 0 saturated carbocycles. The first-order valence-corrected chi connectivity index (χ1v) is 9.46. The molecule has 1 aromatic heterocycles. The number of tetrazole rings is 1. The van der Waals surface area contributed by atoms with Gasteiger partial charge >= 0.3 is 0 Å². The molecule has 6 nitrogen and oxygen atoms in total. The highest BCUT2D eigenvalue weighted by molar-refractivity contribution is 7.99. The zero-order chi connectivity index (χ0) is 18.5. The Morgan fingerprint density at radius 2 is 2.00 bits per heavy atom. The van der Waals surface area contributed by atoms with Crippen LogP contribution < -0.4 is 5.32 Å². The van der Waals surface area contributed by atoms with Crippen molar-refractivity contribution in [2.24, 2.45) is 0 Å². The van der Waals surface area contributed by atoms with E-state index < -0.39 is 0 Å². The third kappa shape index (κ3) is 4.62. The maximum atomic E-state index is 12.3. The van der Waals surface area contributed by atoms with Crippen LogP contribution in [0.15, 0.2) is 53.7 Å². The molecule has 3 aromatic rings. The summed E-state index contributed by atoms with van der Waals surface area (Å²) >= 11 is 7.18. The molecular weight excluding hydrogens is 370 g/mol. The number of carbonyl (C=O) groups excluding carboxylic acids is 1. The van der Waals surface area contributed by atoms with Crippen molar-refractivity contribution >= 4 is 35.0 Å². The number of aromatic nitrogens is 4. The van der Waals surface area contributed by atoms with E-state index in [9.17, 15) is 4.79 Å². The molecule has 8 heteroatoms. The minimum Gasteiger partial charge on any atom is -0.325 e. The van der Waals surface area contributed by atoms with Crippen LogP contribution in [0.5, 0.6) is 0 Å². The minimum absolute atomic E-state index is 0.110. The van der Waals surface area contributed by atoms with Crippen molar-refractivity contribution in [3.05, 3.63) is 59.1 Å². The Hall–Kier alpha value is -2.38.